The first-order chi connectivity index (χ1) is 5.13. The normalized spacial score (nSPS) is 9.00. The molecule has 1 heterocycles. The molecule has 0 aliphatic heterocycles. The highest BCUT2D eigenvalue weighted by molar-refractivity contribution is 6.58. The summed E-state index contributed by atoms with van der Waals surface area (Å²) in [6, 6.07) is 0. The molecule has 0 aliphatic rings. The number of hydrogen-bond acceptors (Lipinski definition) is 3. The van der Waals surface area contributed by atoms with Crippen LogP contribution in [-0.4, -0.2) is 27.6 Å². The van der Waals surface area contributed by atoms with E-state index in [0.29, 0.717) is 12.4 Å². The minimum Gasteiger partial charge on any atom is -0.423 e. The molecule has 0 spiro atoms. The molecule has 0 aromatic carbocycles. The minimum atomic E-state index is -2.14. The quantitative estimate of drug-likeness (QED) is 0.497. The third kappa shape index (κ3) is 1.97. The number of hydrogen-bond donors (Lipinski definition) is 2. The molecule has 1 aromatic rings. The van der Waals surface area contributed by atoms with Crippen LogP contribution in [-0.2, 0) is 0 Å². The van der Waals surface area contributed by atoms with Gasteiger partial charge < -0.3 is 15.5 Å². The largest absolute Gasteiger partial charge is 0.494 e. The van der Waals surface area contributed by atoms with Gasteiger partial charge in [0.05, 0.1) is 17.9 Å². The van der Waals surface area contributed by atoms with Crippen molar-refractivity contribution in [2.24, 2.45) is 0 Å². The van der Waals surface area contributed by atoms with Gasteiger partial charge in [-0.25, -0.2) is 8.78 Å². The van der Waals surface area contributed by atoms with E-state index >= 15 is 0 Å². The molecule has 7 heteroatoms. The average Bonchev–Trinajstić information content (AvgIpc) is 1.85. The highest BCUT2D eigenvalue weighted by Gasteiger charge is 2.21. The van der Waals surface area contributed by atoms with Gasteiger partial charge in [-0.2, -0.15) is 0 Å². The van der Waals surface area contributed by atoms with Crippen LogP contribution in [0, 0.1) is 11.6 Å². The lowest BCUT2D eigenvalue weighted by molar-refractivity contribution is 0.419. The van der Waals surface area contributed by atoms with Gasteiger partial charge in [-0.1, -0.05) is 0 Å². The number of halogens is 2. The lowest BCUT2D eigenvalue weighted by atomic mass is 9.80. The second-order valence-corrected chi connectivity index (χ2v) is 1.89. The molecule has 0 aliphatic carbocycles. The second-order valence-electron chi connectivity index (χ2n) is 1.89. The van der Waals surface area contributed by atoms with Crippen molar-refractivity contribution in [2.45, 2.75) is 0 Å². The highest BCUT2D eigenvalue weighted by atomic mass is 19.1. The molecular weight excluding hydrogens is 171 g/mol. The van der Waals surface area contributed by atoms with Crippen LogP contribution in [0.1, 0.15) is 0 Å². The van der Waals surface area contributed by atoms with Gasteiger partial charge in [-0.15, -0.1) is 0 Å². The van der Waals surface area contributed by atoms with Gasteiger partial charge in [0.15, 0.2) is 0 Å². The summed E-state index contributed by atoms with van der Waals surface area (Å²) in [5.74, 6) is -2.14. The van der Waals surface area contributed by atoms with E-state index in [2.05, 4.69) is 4.98 Å². The standard InChI is InChI=1S/C5H4BF2NO2.H2O/c7-3-1-9-2-4(8)5(3)6(10)11;/h1-2,10-11H;1H2. The van der Waals surface area contributed by atoms with Gasteiger partial charge >= 0.3 is 7.12 Å². The van der Waals surface area contributed by atoms with E-state index < -0.39 is 24.2 Å². The molecule has 0 saturated heterocycles. The third-order valence-corrected chi connectivity index (χ3v) is 1.15. The summed E-state index contributed by atoms with van der Waals surface area (Å²) in [4.78, 5) is 3.15. The van der Waals surface area contributed by atoms with Crippen molar-refractivity contribution in [1.82, 2.24) is 4.98 Å². The summed E-state index contributed by atoms with van der Waals surface area (Å²) in [6.45, 7) is 0. The van der Waals surface area contributed by atoms with Gasteiger partial charge in [0, 0.05) is 0 Å². The summed E-state index contributed by atoms with van der Waals surface area (Å²) in [5, 5.41) is 16.9. The van der Waals surface area contributed by atoms with Crippen LogP contribution in [0.2, 0.25) is 0 Å². The summed E-state index contributed by atoms with van der Waals surface area (Å²) in [5.41, 5.74) is -0.778. The zero-order chi connectivity index (χ0) is 8.43. The van der Waals surface area contributed by atoms with Crippen molar-refractivity contribution in [3.63, 3.8) is 0 Å². The monoisotopic (exact) mass is 177 g/mol. The average molecular weight is 177 g/mol. The van der Waals surface area contributed by atoms with Crippen molar-refractivity contribution in [3.8, 4) is 0 Å². The Morgan fingerprint density at radius 1 is 1.17 bits per heavy atom. The Kier molecular flexibility index (Phi) is 3.74. The van der Waals surface area contributed by atoms with Gasteiger partial charge in [0.25, 0.3) is 0 Å². The third-order valence-electron chi connectivity index (χ3n) is 1.15. The Morgan fingerprint density at radius 2 is 1.58 bits per heavy atom. The van der Waals surface area contributed by atoms with Crippen LogP contribution < -0.4 is 5.46 Å². The lowest BCUT2D eigenvalue weighted by Crippen LogP contribution is -2.35. The molecule has 0 fully saturated rings. The molecule has 0 amide bonds. The Balaban J connectivity index is 0.00000121. The van der Waals surface area contributed by atoms with Gasteiger partial charge in [-0.3, -0.25) is 4.98 Å². The van der Waals surface area contributed by atoms with Crippen molar-refractivity contribution in [1.29, 1.82) is 0 Å². The molecule has 0 unspecified atom stereocenters. The van der Waals surface area contributed by atoms with Crippen LogP contribution in [0.4, 0.5) is 8.78 Å². The first-order valence-electron chi connectivity index (χ1n) is 2.78. The molecule has 4 N–H and O–H groups in total. The van der Waals surface area contributed by atoms with Gasteiger partial charge in [0.2, 0.25) is 0 Å². The summed E-state index contributed by atoms with van der Waals surface area (Å²) < 4.78 is 25.0. The van der Waals surface area contributed by atoms with Crippen LogP contribution in [0.15, 0.2) is 12.4 Å². The van der Waals surface area contributed by atoms with Gasteiger partial charge in [-0.05, 0) is 0 Å². The van der Waals surface area contributed by atoms with Crippen LogP contribution in [0.25, 0.3) is 0 Å². The fourth-order valence-corrected chi connectivity index (χ4v) is 0.668. The molecular formula is C5H6BF2NO3. The van der Waals surface area contributed by atoms with Gasteiger partial charge in [0.1, 0.15) is 11.6 Å². The van der Waals surface area contributed by atoms with E-state index in [4.69, 9.17) is 10.0 Å². The van der Waals surface area contributed by atoms with E-state index in [0.717, 1.165) is 0 Å². The molecule has 0 bridgehead atoms. The second kappa shape index (κ2) is 4.10. The van der Waals surface area contributed by atoms with Crippen molar-refractivity contribution >= 4 is 12.6 Å². The number of aromatic nitrogens is 1. The van der Waals surface area contributed by atoms with Crippen molar-refractivity contribution in [2.75, 3.05) is 0 Å². The molecule has 0 saturated carbocycles. The van der Waals surface area contributed by atoms with Crippen LogP contribution in [0.5, 0.6) is 0 Å². The van der Waals surface area contributed by atoms with E-state index in [1.807, 2.05) is 0 Å². The predicted molar refractivity (Wildman–Crippen MR) is 37.6 cm³/mol. The molecule has 66 valence electrons. The molecule has 1 rings (SSSR count). The van der Waals surface area contributed by atoms with E-state index in [9.17, 15) is 8.78 Å². The predicted octanol–water partition coefficient (Wildman–Crippen LogP) is -1.79. The Labute approximate surface area is 66.9 Å². The van der Waals surface area contributed by atoms with Crippen LogP contribution in [0.3, 0.4) is 0 Å². The van der Waals surface area contributed by atoms with E-state index in [1.165, 1.54) is 0 Å². The Bertz CT molecular complexity index is 251. The zero-order valence-corrected chi connectivity index (χ0v) is 5.83. The Morgan fingerprint density at radius 3 is 1.83 bits per heavy atom. The number of rotatable bonds is 1. The smallest absolute Gasteiger partial charge is 0.423 e. The Hall–Kier alpha value is -1.05. The zero-order valence-electron chi connectivity index (χ0n) is 5.83. The van der Waals surface area contributed by atoms with Crippen LogP contribution >= 0.6 is 0 Å². The molecule has 0 radical (unpaired) electrons. The number of pyridine rings is 1. The van der Waals surface area contributed by atoms with E-state index in [-0.39, 0.29) is 5.48 Å². The highest BCUT2D eigenvalue weighted by Crippen LogP contribution is 1.96. The SMILES string of the molecule is O.OB(O)c1c(F)cncc1F. The maximum atomic E-state index is 12.5. The summed E-state index contributed by atoms with van der Waals surface area (Å²) in [7, 11) is -2.14. The maximum absolute atomic E-state index is 12.5. The maximum Gasteiger partial charge on any atom is 0.494 e. The molecule has 4 nitrogen and oxygen atoms in total. The minimum absolute atomic E-state index is 0. The molecule has 0 atom stereocenters. The molecule has 1 aromatic heterocycles. The first kappa shape index (κ1) is 11.0. The summed E-state index contributed by atoms with van der Waals surface area (Å²) >= 11 is 0. The fraction of sp³-hybridized carbons (Fsp3) is 0. The lowest BCUT2D eigenvalue weighted by Gasteiger charge is -2.00. The first-order valence-corrected chi connectivity index (χ1v) is 2.78. The molecule has 12 heavy (non-hydrogen) atoms. The van der Waals surface area contributed by atoms with E-state index in [1.54, 1.807) is 0 Å². The van der Waals surface area contributed by atoms with Crippen molar-refractivity contribution in [3.05, 3.63) is 24.0 Å². The summed E-state index contributed by atoms with van der Waals surface area (Å²) in [6.07, 6.45) is 1.41. The number of nitrogens with zero attached hydrogens (tertiary/aromatic N) is 1. The fourth-order valence-electron chi connectivity index (χ4n) is 0.668. The van der Waals surface area contributed by atoms with Crippen molar-refractivity contribution < 1.29 is 24.3 Å². The topological polar surface area (TPSA) is 84.9 Å².